The molecule has 0 saturated carbocycles. The lowest BCUT2D eigenvalue weighted by Gasteiger charge is -2.24. The Morgan fingerprint density at radius 1 is 1.39 bits per heavy atom. The van der Waals surface area contributed by atoms with Gasteiger partial charge in [-0.25, -0.2) is 4.79 Å². The fourth-order valence-electron chi connectivity index (χ4n) is 2.58. The van der Waals surface area contributed by atoms with Gasteiger partial charge in [0.1, 0.15) is 5.60 Å². The molecular weight excluding hydrogens is 360 g/mol. The number of halogens is 1. The lowest BCUT2D eigenvalue weighted by atomic mass is 10.2. The van der Waals surface area contributed by atoms with Gasteiger partial charge in [0.15, 0.2) is 0 Å². The first-order chi connectivity index (χ1) is 10.8. The average molecular weight is 385 g/mol. The second kappa shape index (κ2) is 7.64. The van der Waals surface area contributed by atoms with Crippen molar-refractivity contribution in [3.05, 3.63) is 34.3 Å². The van der Waals surface area contributed by atoms with Crippen LogP contribution in [0.25, 0.3) is 0 Å². The first kappa shape index (κ1) is 18.2. The fraction of sp³-hybridized carbons (Fsp3) is 0.588. The molecule has 2 rings (SSSR count). The van der Waals surface area contributed by atoms with Crippen LogP contribution < -0.4 is 5.32 Å². The van der Waals surface area contributed by atoms with Crippen molar-refractivity contribution >= 4 is 22.0 Å². The van der Waals surface area contributed by atoms with Crippen LogP contribution in [0.4, 0.5) is 4.79 Å². The van der Waals surface area contributed by atoms with Crippen LogP contribution in [0, 0.1) is 0 Å². The number of hydrogen-bond acceptors (Lipinski definition) is 4. The Hall–Kier alpha value is -1.11. The van der Waals surface area contributed by atoms with Crippen molar-refractivity contribution in [3.63, 3.8) is 0 Å². The van der Waals surface area contributed by atoms with Gasteiger partial charge in [-0.2, -0.15) is 0 Å². The van der Waals surface area contributed by atoms with Crippen LogP contribution in [0.15, 0.2) is 28.7 Å². The number of likely N-dealkylation sites (tertiary alicyclic amines) is 1. The van der Waals surface area contributed by atoms with Crippen molar-refractivity contribution in [3.8, 4) is 0 Å². The number of hydrogen-bond donors (Lipinski definition) is 1. The number of methoxy groups -OCH3 is 1. The van der Waals surface area contributed by atoms with Crippen molar-refractivity contribution in [2.24, 2.45) is 0 Å². The van der Waals surface area contributed by atoms with E-state index in [2.05, 4.69) is 33.4 Å². The van der Waals surface area contributed by atoms with E-state index in [-0.39, 0.29) is 18.2 Å². The molecule has 1 aromatic carbocycles. The summed E-state index contributed by atoms with van der Waals surface area (Å²) in [6.07, 6.45) is -0.319. The Morgan fingerprint density at radius 2 is 2.13 bits per heavy atom. The van der Waals surface area contributed by atoms with Gasteiger partial charge in [0.25, 0.3) is 0 Å². The summed E-state index contributed by atoms with van der Waals surface area (Å²) in [4.78, 5) is 13.9. The third-order valence-corrected chi connectivity index (χ3v) is 4.17. The molecule has 1 unspecified atom stereocenters. The first-order valence-electron chi connectivity index (χ1n) is 7.77. The van der Waals surface area contributed by atoms with Gasteiger partial charge in [0, 0.05) is 24.7 Å². The molecule has 0 radical (unpaired) electrons. The molecule has 0 aliphatic carbocycles. The van der Waals surface area contributed by atoms with E-state index in [0.717, 1.165) is 11.0 Å². The predicted molar refractivity (Wildman–Crippen MR) is 93.4 cm³/mol. The van der Waals surface area contributed by atoms with Gasteiger partial charge < -0.3 is 19.7 Å². The van der Waals surface area contributed by atoms with Crippen LogP contribution in [-0.4, -0.2) is 48.9 Å². The minimum atomic E-state index is -0.485. The second-order valence-electron chi connectivity index (χ2n) is 6.78. The van der Waals surface area contributed by atoms with E-state index in [1.54, 1.807) is 12.0 Å². The summed E-state index contributed by atoms with van der Waals surface area (Å²) in [5.41, 5.74) is 0.700. The summed E-state index contributed by atoms with van der Waals surface area (Å²) in [5.74, 6) is 0. The third kappa shape index (κ3) is 5.48. The molecule has 6 heteroatoms. The monoisotopic (exact) mass is 384 g/mol. The number of nitrogens with one attached hydrogen (secondary N) is 1. The summed E-state index contributed by atoms with van der Waals surface area (Å²) in [6, 6.07) is 8.25. The molecule has 1 aliphatic rings. The summed E-state index contributed by atoms with van der Waals surface area (Å²) >= 11 is 3.48. The SMILES string of the molecule is CO[C@H]1CN(C(=O)OC(C)(C)C)CC1NCc1cccc(Br)c1. The zero-order chi connectivity index (χ0) is 17.0. The number of ether oxygens (including phenoxy) is 2. The minimum absolute atomic E-state index is 0.0327. The van der Waals surface area contributed by atoms with Crippen LogP contribution in [0.3, 0.4) is 0 Å². The lowest BCUT2D eigenvalue weighted by molar-refractivity contribution is 0.0252. The molecule has 128 valence electrons. The van der Waals surface area contributed by atoms with E-state index in [9.17, 15) is 4.79 Å². The van der Waals surface area contributed by atoms with Crippen molar-refractivity contribution in [1.29, 1.82) is 0 Å². The van der Waals surface area contributed by atoms with Gasteiger partial charge in [-0.3, -0.25) is 0 Å². The topological polar surface area (TPSA) is 50.8 Å². The number of nitrogens with zero attached hydrogens (tertiary/aromatic N) is 1. The number of carbonyl (C=O) groups excluding carboxylic acids is 1. The highest BCUT2D eigenvalue weighted by molar-refractivity contribution is 9.10. The molecule has 23 heavy (non-hydrogen) atoms. The van der Waals surface area contributed by atoms with E-state index in [4.69, 9.17) is 9.47 Å². The van der Waals surface area contributed by atoms with Crippen LogP contribution in [0.1, 0.15) is 26.3 Å². The van der Waals surface area contributed by atoms with E-state index in [1.807, 2.05) is 32.9 Å². The highest BCUT2D eigenvalue weighted by Gasteiger charge is 2.37. The molecule has 1 aliphatic heterocycles. The molecule has 1 aromatic rings. The van der Waals surface area contributed by atoms with Crippen molar-refractivity contribution in [2.45, 2.75) is 45.1 Å². The molecule has 0 aromatic heterocycles. The highest BCUT2D eigenvalue weighted by Crippen LogP contribution is 2.18. The van der Waals surface area contributed by atoms with Crippen molar-refractivity contribution < 1.29 is 14.3 Å². The number of rotatable bonds is 4. The maximum absolute atomic E-state index is 12.2. The molecule has 2 atom stereocenters. The smallest absolute Gasteiger partial charge is 0.410 e. The summed E-state index contributed by atoms with van der Waals surface area (Å²) in [7, 11) is 1.68. The maximum atomic E-state index is 12.2. The Balaban J connectivity index is 1.92. The third-order valence-electron chi connectivity index (χ3n) is 3.68. The van der Waals surface area contributed by atoms with Crippen LogP contribution in [0.2, 0.25) is 0 Å². The molecule has 1 fully saturated rings. The quantitative estimate of drug-likeness (QED) is 0.865. The van der Waals surface area contributed by atoms with Gasteiger partial charge in [0.2, 0.25) is 0 Å². The fourth-order valence-corrected chi connectivity index (χ4v) is 3.03. The second-order valence-corrected chi connectivity index (χ2v) is 7.69. The number of benzene rings is 1. The first-order valence-corrected chi connectivity index (χ1v) is 8.56. The molecule has 1 amide bonds. The normalized spacial score (nSPS) is 21.5. The van der Waals surface area contributed by atoms with E-state index < -0.39 is 5.60 Å². The van der Waals surface area contributed by atoms with Gasteiger partial charge >= 0.3 is 6.09 Å². The zero-order valence-electron chi connectivity index (χ0n) is 14.1. The van der Waals surface area contributed by atoms with Gasteiger partial charge in [-0.15, -0.1) is 0 Å². The summed E-state index contributed by atoms with van der Waals surface area (Å²) in [6.45, 7) is 7.47. The van der Waals surface area contributed by atoms with Crippen LogP contribution in [0.5, 0.6) is 0 Å². The summed E-state index contributed by atoms with van der Waals surface area (Å²) < 4.78 is 12.0. The Morgan fingerprint density at radius 3 is 2.74 bits per heavy atom. The number of amides is 1. The maximum Gasteiger partial charge on any atom is 0.410 e. The molecule has 0 bridgehead atoms. The van der Waals surface area contributed by atoms with Crippen molar-refractivity contribution in [2.75, 3.05) is 20.2 Å². The molecule has 1 N–H and O–H groups in total. The largest absolute Gasteiger partial charge is 0.444 e. The van der Waals surface area contributed by atoms with Gasteiger partial charge in [0.05, 0.1) is 18.7 Å². The summed E-state index contributed by atoms with van der Waals surface area (Å²) in [5, 5.41) is 3.48. The van der Waals surface area contributed by atoms with Gasteiger partial charge in [-0.05, 0) is 38.5 Å². The van der Waals surface area contributed by atoms with E-state index >= 15 is 0 Å². The van der Waals surface area contributed by atoms with Crippen molar-refractivity contribution in [1.82, 2.24) is 10.2 Å². The van der Waals surface area contributed by atoms with E-state index in [0.29, 0.717) is 13.1 Å². The van der Waals surface area contributed by atoms with Crippen LogP contribution >= 0.6 is 15.9 Å². The molecule has 1 saturated heterocycles. The van der Waals surface area contributed by atoms with E-state index in [1.165, 1.54) is 5.56 Å². The Kier molecular flexibility index (Phi) is 6.06. The molecule has 0 spiro atoms. The molecular formula is C17H25BrN2O3. The average Bonchev–Trinajstić information content (AvgIpc) is 2.87. The standard InChI is InChI=1S/C17H25BrN2O3/c1-17(2,3)23-16(21)20-10-14(15(11-20)22-4)19-9-12-6-5-7-13(18)8-12/h5-8,14-15,19H,9-11H2,1-4H3/t14?,15-/m0/s1. The Bertz CT molecular complexity index is 545. The van der Waals surface area contributed by atoms with Gasteiger partial charge in [-0.1, -0.05) is 28.1 Å². The number of carbonyl (C=O) groups is 1. The zero-order valence-corrected chi connectivity index (χ0v) is 15.7. The molecule has 5 nitrogen and oxygen atoms in total. The predicted octanol–water partition coefficient (Wildman–Crippen LogP) is 3.17. The lowest BCUT2D eigenvalue weighted by Crippen LogP contribution is -2.40. The van der Waals surface area contributed by atoms with Crippen LogP contribution in [-0.2, 0) is 16.0 Å². The Labute approximate surface area is 146 Å². The molecule has 1 heterocycles. The highest BCUT2D eigenvalue weighted by atomic mass is 79.9. The minimum Gasteiger partial charge on any atom is -0.444 e.